The first-order valence-corrected chi connectivity index (χ1v) is 8.17. The first kappa shape index (κ1) is 16.1. The second-order valence-corrected chi connectivity index (χ2v) is 5.62. The first-order chi connectivity index (χ1) is 11.8. The van der Waals surface area contributed by atoms with E-state index in [1.807, 2.05) is 67.6 Å². The van der Waals surface area contributed by atoms with Crippen molar-refractivity contribution in [2.45, 2.75) is 13.0 Å². The Morgan fingerprint density at radius 3 is 2.58 bits per heavy atom. The van der Waals surface area contributed by atoms with Crippen LogP contribution >= 0.6 is 0 Å². The Bertz CT molecular complexity index is 712. The molecule has 3 rings (SSSR count). The molecule has 1 unspecified atom stereocenters. The molecule has 0 spiro atoms. The maximum absolute atomic E-state index is 12.4. The average molecular weight is 323 g/mol. The van der Waals surface area contributed by atoms with E-state index in [0.29, 0.717) is 19.7 Å². The number of benzene rings is 2. The standard InChI is InChI=1S/C20H21NO3/c1-2-21(20(22)13-12-16-8-4-3-5-9-16)14-17-15-23-18-10-6-7-11-19(18)24-17/h3-13,17H,2,14-15H2,1H3/b13-12+. The Morgan fingerprint density at radius 1 is 1.12 bits per heavy atom. The molecule has 0 aliphatic carbocycles. The highest BCUT2D eigenvalue weighted by Crippen LogP contribution is 2.31. The number of carbonyl (C=O) groups is 1. The van der Waals surface area contributed by atoms with E-state index < -0.39 is 0 Å². The lowest BCUT2D eigenvalue weighted by Crippen LogP contribution is -2.43. The Balaban J connectivity index is 1.60. The van der Waals surface area contributed by atoms with E-state index in [-0.39, 0.29) is 12.0 Å². The van der Waals surface area contributed by atoms with Crippen molar-refractivity contribution >= 4 is 12.0 Å². The van der Waals surface area contributed by atoms with Crippen molar-refractivity contribution in [2.24, 2.45) is 0 Å². The molecule has 0 aromatic heterocycles. The predicted octanol–water partition coefficient (Wildman–Crippen LogP) is 3.39. The van der Waals surface area contributed by atoms with Crippen molar-refractivity contribution in [1.82, 2.24) is 4.90 Å². The van der Waals surface area contributed by atoms with Gasteiger partial charge < -0.3 is 14.4 Å². The van der Waals surface area contributed by atoms with Gasteiger partial charge in [-0.05, 0) is 30.7 Å². The summed E-state index contributed by atoms with van der Waals surface area (Å²) in [7, 11) is 0. The molecule has 2 aromatic rings. The molecule has 0 bridgehead atoms. The number of rotatable bonds is 5. The molecule has 2 aromatic carbocycles. The minimum absolute atomic E-state index is 0.0242. The zero-order valence-corrected chi connectivity index (χ0v) is 13.7. The second kappa shape index (κ2) is 7.68. The van der Waals surface area contributed by atoms with Crippen LogP contribution in [0.2, 0.25) is 0 Å². The number of fused-ring (bicyclic) bond motifs is 1. The zero-order chi connectivity index (χ0) is 16.8. The number of amides is 1. The third-order valence-corrected chi connectivity index (χ3v) is 3.90. The van der Waals surface area contributed by atoms with Gasteiger partial charge in [0.25, 0.3) is 0 Å². The van der Waals surface area contributed by atoms with Crippen molar-refractivity contribution in [1.29, 1.82) is 0 Å². The van der Waals surface area contributed by atoms with Gasteiger partial charge in [0.05, 0.1) is 6.54 Å². The third kappa shape index (κ3) is 3.96. The first-order valence-electron chi connectivity index (χ1n) is 8.17. The van der Waals surface area contributed by atoms with Crippen LogP contribution in [0.15, 0.2) is 60.7 Å². The van der Waals surface area contributed by atoms with Crippen LogP contribution in [0, 0.1) is 0 Å². The van der Waals surface area contributed by atoms with E-state index >= 15 is 0 Å². The fourth-order valence-corrected chi connectivity index (χ4v) is 2.61. The number of para-hydroxylation sites is 2. The molecule has 0 fully saturated rings. The molecular weight excluding hydrogens is 302 g/mol. The van der Waals surface area contributed by atoms with Gasteiger partial charge in [0.2, 0.25) is 5.91 Å². The number of hydrogen-bond donors (Lipinski definition) is 0. The summed E-state index contributed by atoms with van der Waals surface area (Å²) in [6.45, 7) is 3.54. The minimum atomic E-state index is -0.158. The molecule has 4 heteroatoms. The highest BCUT2D eigenvalue weighted by Gasteiger charge is 2.23. The molecule has 24 heavy (non-hydrogen) atoms. The van der Waals surface area contributed by atoms with Gasteiger partial charge in [-0.15, -0.1) is 0 Å². The van der Waals surface area contributed by atoms with Crippen LogP contribution < -0.4 is 9.47 Å². The molecule has 1 amide bonds. The van der Waals surface area contributed by atoms with E-state index in [1.165, 1.54) is 0 Å². The summed E-state index contributed by atoms with van der Waals surface area (Å²) in [6.07, 6.45) is 3.28. The number of carbonyl (C=O) groups excluding carboxylic acids is 1. The average Bonchev–Trinajstić information content (AvgIpc) is 2.65. The number of nitrogens with zero attached hydrogens (tertiary/aromatic N) is 1. The molecule has 0 radical (unpaired) electrons. The molecule has 124 valence electrons. The maximum atomic E-state index is 12.4. The molecule has 0 saturated heterocycles. The van der Waals surface area contributed by atoms with Crippen LogP contribution in [-0.4, -0.2) is 36.6 Å². The van der Waals surface area contributed by atoms with Crippen molar-refractivity contribution in [3.63, 3.8) is 0 Å². The molecule has 1 aliphatic heterocycles. The molecule has 4 nitrogen and oxygen atoms in total. The van der Waals surface area contributed by atoms with Crippen molar-refractivity contribution in [3.8, 4) is 11.5 Å². The van der Waals surface area contributed by atoms with Gasteiger partial charge in [0, 0.05) is 12.6 Å². The topological polar surface area (TPSA) is 38.8 Å². The monoisotopic (exact) mass is 323 g/mol. The predicted molar refractivity (Wildman–Crippen MR) is 94.1 cm³/mol. The fourth-order valence-electron chi connectivity index (χ4n) is 2.61. The van der Waals surface area contributed by atoms with Crippen LogP contribution in [0.3, 0.4) is 0 Å². The number of hydrogen-bond acceptors (Lipinski definition) is 3. The highest BCUT2D eigenvalue weighted by atomic mass is 16.6. The van der Waals surface area contributed by atoms with Crippen molar-refractivity contribution < 1.29 is 14.3 Å². The summed E-state index contributed by atoms with van der Waals surface area (Å²) in [5, 5.41) is 0. The summed E-state index contributed by atoms with van der Waals surface area (Å²) >= 11 is 0. The number of likely N-dealkylation sites (N-methyl/N-ethyl adjacent to an activating group) is 1. The summed E-state index contributed by atoms with van der Waals surface area (Å²) < 4.78 is 11.6. The quantitative estimate of drug-likeness (QED) is 0.792. The lowest BCUT2D eigenvalue weighted by molar-refractivity contribution is -0.127. The summed E-state index contributed by atoms with van der Waals surface area (Å²) in [4.78, 5) is 14.2. The van der Waals surface area contributed by atoms with E-state index in [9.17, 15) is 4.79 Å². The van der Waals surface area contributed by atoms with E-state index in [1.54, 1.807) is 11.0 Å². The summed E-state index contributed by atoms with van der Waals surface area (Å²) in [5.74, 6) is 1.47. The van der Waals surface area contributed by atoms with Crippen LogP contribution in [0.25, 0.3) is 6.08 Å². The molecule has 0 N–H and O–H groups in total. The SMILES string of the molecule is CCN(CC1COc2ccccc2O1)C(=O)/C=C/c1ccccc1. The van der Waals surface area contributed by atoms with Crippen LogP contribution in [0.5, 0.6) is 11.5 Å². The normalized spacial score (nSPS) is 16.1. The smallest absolute Gasteiger partial charge is 0.246 e. The summed E-state index contributed by atoms with van der Waals surface area (Å²) in [6, 6.07) is 17.4. The third-order valence-electron chi connectivity index (χ3n) is 3.90. The molecular formula is C20H21NO3. The van der Waals surface area contributed by atoms with Crippen molar-refractivity contribution in [2.75, 3.05) is 19.7 Å². The van der Waals surface area contributed by atoms with Gasteiger partial charge >= 0.3 is 0 Å². The molecule has 1 aliphatic rings. The Kier molecular flexibility index (Phi) is 5.16. The molecule has 0 saturated carbocycles. The summed E-state index contributed by atoms with van der Waals surface area (Å²) in [5.41, 5.74) is 1.01. The fraction of sp³-hybridized carbons (Fsp3) is 0.250. The van der Waals surface area contributed by atoms with E-state index in [0.717, 1.165) is 17.1 Å². The van der Waals surface area contributed by atoms with Gasteiger partial charge in [0.1, 0.15) is 6.61 Å². The highest BCUT2D eigenvalue weighted by molar-refractivity contribution is 5.91. The lowest BCUT2D eigenvalue weighted by Gasteiger charge is -2.30. The largest absolute Gasteiger partial charge is 0.486 e. The van der Waals surface area contributed by atoms with Crippen LogP contribution in [0.4, 0.5) is 0 Å². The van der Waals surface area contributed by atoms with Crippen LogP contribution in [0.1, 0.15) is 12.5 Å². The van der Waals surface area contributed by atoms with Gasteiger partial charge in [-0.3, -0.25) is 4.79 Å². The van der Waals surface area contributed by atoms with Gasteiger partial charge in [0.15, 0.2) is 17.6 Å². The zero-order valence-electron chi connectivity index (χ0n) is 13.7. The second-order valence-electron chi connectivity index (χ2n) is 5.62. The number of ether oxygens (including phenoxy) is 2. The Labute approximate surface area is 142 Å². The van der Waals surface area contributed by atoms with Crippen LogP contribution in [-0.2, 0) is 4.79 Å². The molecule has 1 heterocycles. The lowest BCUT2D eigenvalue weighted by atomic mass is 10.2. The van der Waals surface area contributed by atoms with Gasteiger partial charge in [-0.1, -0.05) is 42.5 Å². The van der Waals surface area contributed by atoms with Gasteiger partial charge in [-0.2, -0.15) is 0 Å². The molecule has 1 atom stereocenters. The van der Waals surface area contributed by atoms with E-state index in [4.69, 9.17) is 9.47 Å². The Hall–Kier alpha value is -2.75. The van der Waals surface area contributed by atoms with Crippen molar-refractivity contribution in [3.05, 3.63) is 66.2 Å². The Morgan fingerprint density at radius 2 is 1.83 bits per heavy atom. The van der Waals surface area contributed by atoms with Gasteiger partial charge in [-0.25, -0.2) is 0 Å². The van der Waals surface area contributed by atoms with E-state index in [2.05, 4.69) is 0 Å². The maximum Gasteiger partial charge on any atom is 0.246 e. The minimum Gasteiger partial charge on any atom is -0.486 e.